The molecule has 1 aliphatic rings. The van der Waals surface area contributed by atoms with Crippen molar-refractivity contribution < 1.29 is 9.47 Å². The Labute approximate surface area is 96.4 Å². The van der Waals surface area contributed by atoms with E-state index in [2.05, 4.69) is 28.1 Å². The molecule has 1 atom stereocenters. The highest BCUT2D eigenvalue weighted by atomic mass is 79.9. The van der Waals surface area contributed by atoms with Crippen molar-refractivity contribution in [1.29, 1.82) is 0 Å². The summed E-state index contributed by atoms with van der Waals surface area (Å²) < 4.78 is 12.1. The number of halogens is 1. The van der Waals surface area contributed by atoms with Gasteiger partial charge in [0.15, 0.2) is 0 Å². The third kappa shape index (κ3) is 3.05. The smallest absolute Gasteiger partial charge is 0.0809 e. The summed E-state index contributed by atoms with van der Waals surface area (Å²) in [6.07, 6.45) is 1.15. The van der Waals surface area contributed by atoms with Crippen molar-refractivity contribution in [3.05, 3.63) is 20.8 Å². The zero-order chi connectivity index (χ0) is 9.80. The normalized spacial score (nSPS) is 21.6. The van der Waals surface area contributed by atoms with E-state index in [1.807, 2.05) is 0 Å². The highest BCUT2D eigenvalue weighted by Crippen LogP contribution is 2.23. The van der Waals surface area contributed by atoms with Gasteiger partial charge in [-0.05, 0) is 34.5 Å². The van der Waals surface area contributed by atoms with Crippen LogP contribution in [0.15, 0.2) is 15.9 Å². The summed E-state index contributed by atoms with van der Waals surface area (Å²) in [6, 6.07) is 4.15. The lowest BCUT2D eigenvalue weighted by molar-refractivity contribution is 0.0806. The molecule has 0 N–H and O–H groups in total. The molecule has 0 bridgehead atoms. The first-order valence-electron chi connectivity index (χ1n) is 4.74. The Balaban J connectivity index is 1.67. The molecule has 1 fully saturated rings. The Morgan fingerprint density at radius 1 is 1.57 bits per heavy atom. The first kappa shape index (κ1) is 10.6. The summed E-state index contributed by atoms with van der Waals surface area (Å²) in [6.45, 7) is 3.33. The molecule has 0 saturated carbocycles. The van der Waals surface area contributed by atoms with Gasteiger partial charge in [0.1, 0.15) is 0 Å². The predicted octanol–water partition coefficient (Wildman–Crippen LogP) is 3.06. The van der Waals surface area contributed by atoms with Gasteiger partial charge in [0.05, 0.1) is 23.6 Å². The fourth-order valence-corrected chi connectivity index (χ4v) is 2.89. The van der Waals surface area contributed by atoms with Crippen molar-refractivity contribution in [2.45, 2.75) is 13.0 Å². The van der Waals surface area contributed by atoms with Crippen LogP contribution >= 0.6 is 27.3 Å². The second-order valence-corrected chi connectivity index (χ2v) is 6.00. The lowest BCUT2D eigenvalue weighted by Crippen LogP contribution is -2.08. The maximum atomic E-state index is 5.63. The van der Waals surface area contributed by atoms with Crippen LogP contribution in [0, 0.1) is 5.92 Å². The maximum Gasteiger partial charge on any atom is 0.0809 e. The SMILES string of the molecule is Brc1ccc(COCC2CCOC2)s1. The topological polar surface area (TPSA) is 18.5 Å². The molecule has 1 saturated heterocycles. The maximum absolute atomic E-state index is 5.63. The first-order valence-corrected chi connectivity index (χ1v) is 6.35. The Bertz CT molecular complexity index is 281. The monoisotopic (exact) mass is 276 g/mol. The highest BCUT2D eigenvalue weighted by Gasteiger charge is 2.15. The van der Waals surface area contributed by atoms with Gasteiger partial charge in [-0.2, -0.15) is 0 Å². The summed E-state index contributed by atoms with van der Waals surface area (Å²) in [4.78, 5) is 1.27. The average Bonchev–Trinajstić information content (AvgIpc) is 2.77. The van der Waals surface area contributed by atoms with Crippen LogP contribution in [0.4, 0.5) is 0 Å². The summed E-state index contributed by atoms with van der Waals surface area (Å²) >= 11 is 5.16. The molecule has 0 aromatic carbocycles. The number of hydrogen-bond acceptors (Lipinski definition) is 3. The van der Waals surface area contributed by atoms with E-state index in [4.69, 9.17) is 9.47 Å². The number of thiophene rings is 1. The molecular weight excluding hydrogens is 264 g/mol. The van der Waals surface area contributed by atoms with Crippen LogP contribution < -0.4 is 0 Å². The summed E-state index contributed by atoms with van der Waals surface area (Å²) in [7, 11) is 0. The van der Waals surface area contributed by atoms with Crippen LogP contribution in [-0.2, 0) is 16.1 Å². The minimum absolute atomic E-state index is 0.610. The molecule has 0 spiro atoms. The van der Waals surface area contributed by atoms with Crippen molar-refractivity contribution in [2.75, 3.05) is 19.8 Å². The van der Waals surface area contributed by atoms with Crippen LogP contribution in [0.3, 0.4) is 0 Å². The predicted molar refractivity (Wildman–Crippen MR) is 60.6 cm³/mol. The molecule has 2 rings (SSSR count). The summed E-state index contributed by atoms with van der Waals surface area (Å²) in [5.41, 5.74) is 0. The number of ether oxygens (including phenoxy) is 2. The van der Waals surface area contributed by atoms with Gasteiger partial charge >= 0.3 is 0 Å². The Hall–Kier alpha value is 0.1000. The van der Waals surface area contributed by atoms with Gasteiger partial charge < -0.3 is 9.47 Å². The van der Waals surface area contributed by atoms with Crippen molar-refractivity contribution in [1.82, 2.24) is 0 Å². The Kier molecular flexibility index (Phi) is 3.99. The molecule has 1 aliphatic heterocycles. The molecule has 1 unspecified atom stereocenters. The Morgan fingerprint density at radius 3 is 3.14 bits per heavy atom. The van der Waals surface area contributed by atoms with Crippen molar-refractivity contribution in [2.24, 2.45) is 5.92 Å². The fourth-order valence-electron chi connectivity index (χ4n) is 1.47. The van der Waals surface area contributed by atoms with Gasteiger partial charge in [-0.25, -0.2) is 0 Å². The molecule has 0 aliphatic carbocycles. The van der Waals surface area contributed by atoms with E-state index < -0.39 is 0 Å². The van der Waals surface area contributed by atoms with E-state index in [1.54, 1.807) is 11.3 Å². The van der Waals surface area contributed by atoms with E-state index in [1.165, 1.54) is 8.66 Å². The van der Waals surface area contributed by atoms with Gasteiger partial charge in [0.2, 0.25) is 0 Å². The molecule has 0 radical (unpaired) electrons. The van der Waals surface area contributed by atoms with E-state index in [-0.39, 0.29) is 0 Å². The van der Waals surface area contributed by atoms with Crippen molar-refractivity contribution >= 4 is 27.3 Å². The van der Waals surface area contributed by atoms with Crippen molar-refractivity contribution in [3.63, 3.8) is 0 Å². The second-order valence-electron chi connectivity index (χ2n) is 3.45. The largest absolute Gasteiger partial charge is 0.381 e. The van der Waals surface area contributed by atoms with Gasteiger partial charge in [0.25, 0.3) is 0 Å². The molecule has 4 heteroatoms. The Morgan fingerprint density at radius 2 is 2.50 bits per heavy atom. The molecule has 0 amide bonds. The summed E-state index contributed by atoms with van der Waals surface area (Å²) in [5, 5.41) is 0. The van der Waals surface area contributed by atoms with E-state index in [9.17, 15) is 0 Å². The fraction of sp³-hybridized carbons (Fsp3) is 0.600. The van der Waals surface area contributed by atoms with Gasteiger partial charge in [-0.15, -0.1) is 11.3 Å². The van der Waals surface area contributed by atoms with Gasteiger partial charge in [0, 0.05) is 17.4 Å². The van der Waals surface area contributed by atoms with E-state index in [0.717, 1.165) is 32.8 Å². The molecular formula is C10H13BrO2S. The second kappa shape index (κ2) is 5.26. The van der Waals surface area contributed by atoms with Gasteiger partial charge in [-0.1, -0.05) is 0 Å². The number of hydrogen-bond donors (Lipinski definition) is 0. The highest BCUT2D eigenvalue weighted by molar-refractivity contribution is 9.11. The lowest BCUT2D eigenvalue weighted by Gasteiger charge is -2.07. The zero-order valence-corrected chi connectivity index (χ0v) is 10.3. The van der Waals surface area contributed by atoms with Crippen LogP contribution in [0.25, 0.3) is 0 Å². The molecule has 2 nitrogen and oxygen atoms in total. The van der Waals surface area contributed by atoms with Gasteiger partial charge in [-0.3, -0.25) is 0 Å². The standard InChI is InChI=1S/C10H13BrO2S/c11-10-2-1-9(14-10)7-13-6-8-3-4-12-5-8/h1-2,8H,3-7H2. The molecule has 1 aromatic heterocycles. The van der Waals surface area contributed by atoms with E-state index >= 15 is 0 Å². The van der Waals surface area contributed by atoms with Crippen LogP contribution in [-0.4, -0.2) is 19.8 Å². The van der Waals surface area contributed by atoms with Crippen LogP contribution in [0.1, 0.15) is 11.3 Å². The molecule has 2 heterocycles. The minimum atomic E-state index is 0.610. The number of rotatable bonds is 4. The van der Waals surface area contributed by atoms with Crippen LogP contribution in [0.2, 0.25) is 0 Å². The third-order valence-corrected chi connectivity index (χ3v) is 3.85. The van der Waals surface area contributed by atoms with Crippen LogP contribution in [0.5, 0.6) is 0 Å². The quantitative estimate of drug-likeness (QED) is 0.842. The first-order chi connectivity index (χ1) is 6.84. The molecule has 78 valence electrons. The zero-order valence-electron chi connectivity index (χ0n) is 7.87. The molecule has 1 aromatic rings. The third-order valence-electron chi connectivity index (χ3n) is 2.25. The average molecular weight is 277 g/mol. The van der Waals surface area contributed by atoms with E-state index in [0.29, 0.717) is 5.92 Å². The van der Waals surface area contributed by atoms with Crippen molar-refractivity contribution in [3.8, 4) is 0 Å². The summed E-state index contributed by atoms with van der Waals surface area (Å²) in [5.74, 6) is 0.610. The minimum Gasteiger partial charge on any atom is -0.381 e. The lowest BCUT2D eigenvalue weighted by atomic mass is 10.1. The molecule has 14 heavy (non-hydrogen) atoms.